The van der Waals surface area contributed by atoms with Crippen molar-refractivity contribution in [3.8, 4) is 5.75 Å². The number of aryl methyl sites for hydroxylation is 1. The third-order valence-electron chi connectivity index (χ3n) is 4.12. The first-order valence-electron chi connectivity index (χ1n) is 7.02. The van der Waals surface area contributed by atoms with Gasteiger partial charge in [-0.05, 0) is 51.0 Å². The van der Waals surface area contributed by atoms with E-state index in [4.69, 9.17) is 4.74 Å². The van der Waals surface area contributed by atoms with Crippen molar-refractivity contribution in [1.29, 1.82) is 0 Å². The van der Waals surface area contributed by atoms with Crippen LogP contribution in [0.2, 0.25) is 0 Å². The Hall–Kier alpha value is -1.22. The van der Waals surface area contributed by atoms with Gasteiger partial charge in [0.25, 0.3) is 0 Å². The van der Waals surface area contributed by atoms with Crippen LogP contribution in [0.25, 0.3) is 0 Å². The molecule has 0 aromatic heterocycles. The van der Waals surface area contributed by atoms with Crippen molar-refractivity contribution in [3.63, 3.8) is 0 Å². The zero-order valence-electron chi connectivity index (χ0n) is 12.5. The molecule has 3 nitrogen and oxygen atoms in total. The number of rotatable bonds is 4. The van der Waals surface area contributed by atoms with Gasteiger partial charge in [-0.25, -0.2) is 0 Å². The zero-order chi connectivity index (χ0) is 14.2. The highest BCUT2D eigenvalue weighted by molar-refractivity contribution is 5.55. The van der Waals surface area contributed by atoms with Crippen molar-refractivity contribution in [2.24, 2.45) is 5.41 Å². The number of benzene rings is 1. The van der Waals surface area contributed by atoms with Gasteiger partial charge < -0.3 is 15.2 Å². The van der Waals surface area contributed by atoms with E-state index in [-0.39, 0.29) is 17.6 Å². The molecule has 2 N–H and O–H groups in total. The molecule has 19 heavy (non-hydrogen) atoms. The van der Waals surface area contributed by atoms with Crippen LogP contribution in [0.15, 0.2) is 18.2 Å². The Bertz CT molecular complexity index is 454. The summed E-state index contributed by atoms with van der Waals surface area (Å²) >= 11 is 0. The van der Waals surface area contributed by atoms with Crippen LogP contribution in [0.4, 0.5) is 5.69 Å². The lowest BCUT2D eigenvalue weighted by Crippen LogP contribution is -2.56. The summed E-state index contributed by atoms with van der Waals surface area (Å²) in [6, 6.07) is 6.45. The Labute approximate surface area is 116 Å². The van der Waals surface area contributed by atoms with Gasteiger partial charge in [0.1, 0.15) is 5.75 Å². The average Bonchev–Trinajstić information content (AvgIpc) is 2.30. The molecule has 1 saturated carbocycles. The Morgan fingerprint density at radius 3 is 2.53 bits per heavy atom. The second kappa shape index (κ2) is 5.04. The van der Waals surface area contributed by atoms with Gasteiger partial charge in [0.05, 0.1) is 12.2 Å². The quantitative estimate of drug-likeness (QED) is 0.875. The third-order valence-corrected chi connectivity index (χ3v) is 4.12. The van der Waals surface area contributed by atoms with E-state index in [1.54, 1.807) is 0 Å². The monoisotopic (exact) mass is 263 g/mol. The number of aliphatic hydroxyl groups excluding tert-OH is 1. The summed E-state index contributed by atoms with van der Waals surface area (Å²) in [7, 11) is 0. The smallest absolute Gasteiger partial charge is 0.120 e. The van der Waals surface area contributed by atoms with Crippen LogP contribution in [-0.2, 0) is 0 Å². The number of hydrogen-bond acceptors (Lipinski definition) is 3. The molecule has 1 aromatic rings. The van der Waals surface area contributed by atoms with Crippen molar-refractivity contribution < 1.29 is 9.84 Å². The molecule has 1 aliphatic carbocycles. The predicted octanol–water partition coefficient (Wildman–Crippen LogP) is 3.35. The SMILES string of the molecule is Cc1cc(OC(C)C)ccc1NC1CC(O)C1(C)C. The molecule has 0 spiro atoms. The summed E-state index contributed by atoms with van der Waals surface area (Å²) in [6.07, 6.45) is 0.809. The minimum atomic E-state index is -0.200. The number of hydrogen-bond donors (Lipinski definition) is 2. The highest BCUT2D eigenvalue weighted by atomic mass is 16.5. The van der Waals surface area contributed by atoms with Gasteiger partial charge in [-0.1, -0.05) is 13.8 Å². The largest absolute Gasteiger partial charge is 0.491 e. The fraction of sp³-hybridized carbons (Fsp3) is 0.625. The van der Waals surface area contributed by atoms with Crippen LogP contribution in [0, 0.1) is 12.3 Å². The third kappa shape index (κ3) is 2.86. The first-order chi connectivity index (χ1) is 8.80. The zero-order valence-corrected chi connectivity index (χ0v) is 12.5. The minimum absolute atomic E-state index is 0.0560. The lowest BCUT2D eigenvalue weighted by atomic mass is 9.64. The molecule has 0 amide bonds. The van der Waals surface area contributed by atoms with Crippen molar-refractivity contribution in [2.45, 2.75) is 59.3 Å². The van der Waals surface area contributed by atoms with Crippen molar-refractivity contribution in [3.05, 3.63) is 23.8 Å². The molecule has 106 valence electrons. The van der Waals surface area contributed by atoms with Gasteiger partial charge in [0.15, 0.2) is 0 Å². The molecule has 0 bridgehead atoms. The molecule has 2 rings (SSSR count). The lowest BCUT2D eigenvalue weighted by Gasteiger charge is -2.50. The first-order valence-corrected chi connectivity index (χ1v) is 7.02. The van der Waals surface area contributed by atoms with E-state index < -0.39 is 0 Å². The number of nitrogens with one attached hydrogen (secondary N) is 1. The highest BCUT2D eigenvalue weighted by Gasteiger charge is 2.47. The number of aliphatic hydroxyl groups is 1. The Morgan fingerprint density at radius 2 is 2.05 bits per heavy atom. The molecule has 1 fully saturated rings. The molecular formula is C16H25NO2. The summed E-state index contributed by atoms with van der Waals surface area (Å²) in [5.74, 6) is 0.908. The maximum Gasteiger partial charge on any atom is 0.120 e. The molecular weight excluding hydrogens is 238 g/mol. The van der Waals surface area contributed by atoms with Crippen molar-refractivity contribution in [1.82, 2.24) is 0 Å². The second-order valence-corrected chi connectivity index (χ2v) is 6.41. The molecule has 1 aromatic carbocycles. The fourth-order valence-electron chi connectivity index (χ4n) is 2.48. The second-order valence-electron chi connectivity index (χ2n) is 6.41. The van der Waals surface area contributed by atoms with Crippen molar-refractivity contribution in [2.75, 3.05) is 5.32 Å². The Kier molecular flexibility index (Phi) is 3.77. The summed E-state index contributed by atoms with van der Waals surface area (Å²) in [5, 5.41) is 13.3. The maximum absolute atomic E-state index is 9.78. The molecule has 3 heteroatoms. The van der Waals surface area contributed by atoms with E-state index in [2.05, 4.69) is 38.2 Å². The van der Waals surface area contributed by atoms with E-state index in [1.165, 1.54) is 5.56 Å². The van der Waals surface area contributed by atoms with E-state index in [0.717, 1.165) is 17.9 Å². The van der Waals surface area contributed by atoms with Crippen LogP contribution in [0.1, 0.15) is 39.7 Å². The topological polar surface area (TPSA) is 41.5 Å². The van der Waals surface area contributed by atoms with Crippen LogP contribution in [0.3, 0.4) is 0 Å². The standard InChI is InChI=1S/C16H25NO2/c1-10(2)19-12-6-7-13(11(3)8-12)17-14-9-15(18)16(14,4)5/h6-8,10,14-15,17-18H,9H2,1-5H3. The van der Waals surface area contributed by atoms with E-state index in [0.29, 0.717) is 6.04 Å². The van der Waals surface area contributed by atoms with Crippen LogP contribution in [-0.4, -0.2) is 23.4 Å². The fourth-order valence-corrected chi connectivity index (χ4v) is 2.48. The molecule has 2 atom stereocenters. The van der Waals surface area contributed by atoms with Gasteiger partial charge >= 0.3 is 0 Å². The van der Waals surface area contributed by atoms with Gasteiger partial charge in [-0.2, -0.15) is 0 Å². The van der Waals surface area contributed by atoms with Crippen molar-refractivity contribution >= 4 is 5.69 Å². The Morgan fingerprint density at radius 1 is 1.37 bits per heavy atom. The molecule has 0 saturated heterocycles. The van der Waals surface area contributed by atoms with E-state index in [9.17, 15) is 5.11 Å². The number of anilines is 1. The average molecular weight is 263 g/mol. The molecule has 1 aliphatic rings. The first kappa shape index (κ1) is 14.2. The minimum Gasteiger partial charge on any atom is -0.491 e. The van der Waals surface area contributed by atoms with Gasteiger partial charge in [0.2, 0.25) is 0 Å². The molecule has 0 heterocycles. The van der Waals surface area contributed by atoms with Crippen LogP contribution in [0.5, 0.6) is 5.75 Å². The van der Waals surface area contributed by atoms with Crippen LogP contribution >= 0.6 is 0 Å². The Balaban J connectivity index is 2.06. The summed E-state index contributed by atoms with van der Waals surface area (Å²) in [6.45, 7) is 10.3. The van der Waals surface area contributed by atoms with Crippen LogP contribution < -0.4 is 10.1 Å². The maximum atomic E-state index is 9.78. The summed E-state index contributed by atoms with van der Waals surface area (Å²) < 4.78 is 5.69. The van der Waals surface area contributed by atoms with E-state index >= 15 is 0 Å². The molecule has 0 aliphatic heterocycles. The molecule has 2 unspecified atom stereocenters. The summed E-state index contributed by atoms with van der Waals surface area (Å²) in [5.41, 5.74) is 2.25. The van der Waals surface area contributed by atoms with Gasteiger partial charge in [0, 0.05) is 17.1 Å². The normalized spacial score (nSPS) is 25.0. The molecule has 0 radical (unpaired) electrons. The highest BCUT2D eigenvalue weighted by Crippen LogP contribution is 2.42. The van der Waals surface area contributed by atoms with E-state index in [1.807, 2.05) is 19.9 Å². The summed E-state index contributed by atoms with van der Waals surface area (Å²) in [4.78, 5) is 0. The van der Waals surface area contributed by atoms with Gasteiger partial charge in [-0.3, -0.25) is 0 Å². The lowest BCUT2D eigenvalue weighted by molar-refractivity contribution is -0.0510. The van der Waals surface area contributed by atoms with Gasteiger partial charge in [-0.15, -0.1) is 0 Å². The predicted molar refractivity (Wildman–Crippen MR) is 78.8 cm³/mol. The number of ether oxygens (including phenoxy) is 1.